The Morgan fingerprint density at radius 2 is 1.76 bits per heavy atom. The third-order valence-corrected chi connectivity index (χ3v) is 7.91. The molecule has 1 aliphatic rings. The molecule has 242 valence electrons. The molecule has 1 saturated heterocycles. The molecule has 2 aromatic carbocycles. The molecule has 0 spiro atoms. The molecule has 1 fully saturated rings. The van der Waals surface area contributed by atoms with E-state index in [-0.39, 0.29) is 30.8 Å². The minimum Gasteiger partial charge on any atom is -0.378 e. The Morgan fingerprint density at radius 3 is 2.40 bits per heavy atom. The number of hydrogen-bond donors (Lipinski definition) is 5. The van der Waals surface area contributed by atoms with Crippen LogP contribution in [0.2, 0.25) is 0 Å². The zero-order valence-electron chi connectivity index (χ0n) is 24.1. The lowest BCUT2D eigenvalue weighted by molar-refractivity contribution is -0.254. The highest BCUT2D eigenvalue weighted by Crippen LogP contribution is 2.32. The second-order valence-electron chi connectivity index (χ2n) is 9.71. The van der Waals surface area contributed by atoms with Crippen molar-refractivity contribution in [1.29, 1.82) is 0 Å². The van der Waals surface area contributed by atoms with E-state index in [9.17, 15) is 9.00 Å². The summed E-state index contributed by atoms with van der Waals surface area (Å²) in [5, 5.41) is 40.8. The number of aromatic nitrogens is 3. The molecule has 3 aromatic rings. The van der Waals surface area contributed by atoms with Crippen LogP contribution in [0.3, 0.4) is 0 Å². The molecule has 2 heterocycles. The molecule has 17 nitrogen and oxygen atoms in total. The maximum atomic E-state index is 12.0. The number of nitrogens with zero attached hydrogens (tertiary/aromatic N) is 6. The summed E-state index contributed by atoms with van der Waals surface area (Å²) in [7, 11) is -3.24. The molecule has 1 aromatic heterocycles. The molecule has 19 heteroatoms. The number of amides is 1. The van der Waals surface area contributed by atoms with Gasteiger partial charge in [-0.25, -0.2) is 19.2 Å². The predicted molar refractivity (Wildman–Crippen MR) is 165 cm³/mol. The highest BCUT2D eigenvalue weighted by molar-refractivity contribution is 8.30. The Balaban J connectivity index is 1.60. The van der Waals surface area contributed by atoms with Crippen LogP contribution < -0.4 is 15.5 Å². The van der Waals surface area contributed by atoms with Crippen molar-refractivity contribution in [1.82, 2.24) is 15.0 Å². The van der Waals surface area contributed by atoms with Crippen molar-refractivity contribution in [2.24, 2.45) is 10.2 Å². The van der Waals surface area contributed by atoms with Crippen molar-refractivity contribution >= 4 is 60.5 Å². The number of benzene rings is 2. The van der Waals surface area contributed by atoms with E-state index in [1.165, 1.54) is 6.92 Å². The lowest BCUT2D eigenvalue weighted by Crippen LogP contribution is -2.37. The van der Waals surface area contributed by atoms with E-state index in [4.69, 9.17) is 31.7 Å². The molecule has 1 amide bonds. The smallest absolute Gasteiger partial charge is 0.232 e. The van der Waals surface area contributed by atoms with E-state index in [0.29, 0.717) is 84.8 Å². The fourth-order valence-corrected chi connectivity index (χ4v) is 5.20. The Kier molecular flexibility index (Phi) is 12.5. The summed E-state index contributed by atoms with van der Waals surface area (Å²) in [5.74, 6) is 0.658. The van der Waals surface area contributed by atoms with E-state index in [1.54, 1.807) is 36.4 Å². The number of anilines is 4. The largest absolute Gasteiger partial charge is 0.378 e. The number of aryl methyl sites for hydroxylation is 1. The van der Waals surface area contributed by atoms with Crippen LogP contribution in [0.25, 0.3) is 0 Å². The summed E-state index contributed by atoms with van der Waals surface area (Å²) in [5.41, 5.74) is 2.72. The normalized spacial score (nSPS) is 14.8. The van der Waals surface area contributed by atoms with Crippen molar-refractivity contribution in [3.8, 4) is 0 Å². The van der Waals surface area contributed by atoms with Crippen molar-refractivity contribution in [3.63, 3.8) is 0 Å². The van der Waals surface area contributed by atoms with Crippen LogP contribution in [-0.2, 0) is 63.2 Å². The van der Waals surface area contributed by atoms with Crippen LogP contribution >= 0.6 is 0 Å². The molecule has 1 aliphatic heterocycles. The zero-order chi connectivity index (χ0) is 32.2. The van der Waals surface area contributed by atoms with Crippen molar-refractivity contribution in [3.05, 3.63) is 53.3 Å². The molecule has 1 atom stereocenters. The summed E-state index contributed by atoms with van der Waals surface area (Å²) < 4.78 is 21.2. The van der Waals surface area contributed by atoms with Gasteiger partial charge in [0.1, 0.15) is 24.7 Å². The van der Waals surface area contributed by atoms with Crippen LogP contribution in [0.5, 0.6) is 0 Å². The van der Waals surface area contributed by atoms with Gasteiger partial charge in [0.25, 0.3) is 0 Å². The maximum absolute atomic E-state index is 12.0. The van der Waals surface area contributed by atoms with E-state index in [2.05, 4.69) is 49.9 Å². The van der Waals surface area contributed by atoms with Gasteiger partial charge in [-0.15, -0.1) is 9.45 Å². The third kappa shape index (κ3) is 10.7. The molecule has 45 heavy (non-hydrogen) atoms. The standard InChI is InChI=1S/C26H32N8O9S2/c1-17(35)27-23-14-20(4-5-22(23)33-32-21-12-18(15-41-36)11-19(13-21)16-42-37)28-25-29-24(3-2-10-45(39,44)43-38)30-26(31-25)34-6-8-40-9-7-34/h4-5,11-14,36-38H,2-3,6-10,15-16H2,1H3,(H,27,35)(H,28,29,30,31). The fraction of sp³-hybridized carbons (Fsp3) is 0.385. The first-order valence-electron chi connectivity index (χ1n) is 13.6. The van der Waals surface area contributed by atoms with Crippen molar-refractivity contribution in [2.45, 2.75) is 33.0 Å². The Morgan fingerprint density at radius 1 is 1.04 bits per heavy atom. The highest BCUT2D eigenvalue weighted by atomic mass is 32.8. The predicted octanol–water partition coefficient (Wildman–Crippen LogP) is 3.89. The SMILES string of the molecule is CC(=O)Nc1cc(Nc2nc(CCCS(=O)(=S)OO)nc(N3CCOCC3)n2)ccc1N=Nc1cc(COO)cc(COO)c1. The van der Waals surface area contributed by atoms with E-state index in [1.807, 2.05) is 4.90 Å². The molecule has 1 unspecified atom stereocenters. The number of azo groups is 1. The number of ether oxygens (including phenoxy) is 1. The minimum atomic E-state index is -3.24. The number of rotatable bonds is 15. The average molecular weight is 665 g/mol. The van der Waals surface area contributed by atoms with Crippen LogP contribution in [0.1, 0.15) is 30.3 Å². The molecule has 0 saturated carbocycles. The van der Waals surface area contributed by atoms with E-state index >= 15 is 0 Å². The van der Waals surface area contributed by atoms with Gasteiger partial charge < -0.3 is 20.3 Å². The summed E-state index contributed by atoms with van der Waals surface area (Å²) in [6.45, 7) is 3.32. The third-order valence-electron chi connectivity index (χ3n) is 6.21. The number of carbonyl (C=O) groups is 1. The Labute approximate surface area is 262 Å². The summed E-state index contributed by atoms with van der Waals surface area (Å²) in [4.78, 5) is 36.0. The van der Waals surface area contributed by atoms with Gasteiger partial charge in [0.2, 0.25) is 17.8 Å². The van der Waals surface area contributed by atoms with E-state index in [0.717, 1.165) is 0 Å². The summed E-state index contributed by atoms with van der Waals surface area (Å²) in [6, 6.07) is 9.89. The molecular weight excluding hydrogens is 632 g/mol. The minimum absolute atomic E-state index is 0.0632. The Hall–Kier alpha value is -3.79. The number of nitrogens with one attached hydrogen (secondary N) is 2. The maximum Gasteiger partial charge on any atom is 0.232 e. The van der Waals surface area contributed by atoms with Gasteiger partial charge in [0, 0.05) is 43.3 Å². The highest BCUT2D eigenvalue weighted by Gasteiger charge is 2.18. The first kappa shape index (κ1) is 34.1. The molecule has 0 bridgehead atoms. The van der Waals surface area contributed by atoms with Crippen LogP contribution in [0, 0.1) is 0 Å². The van der Waals surface area contributed by atoms with Crippen LogP contribution in [0.15, 0.2) is 46.6 Å². The summed E-state index contributed by atoms with van der Waals surface area (Å²) >= 11 is 4.73. The van der Waals surface area contributed by atoms with Gasteiger partial charge in [0.05, 0.1) is 30.3 Å². The van der Waals surface area contributed by atoms with Gasteiger partial charge in [-0.2, -0.15) is 20.1 Å². The van der Waals surface area contributed by atoms with Crippen molar-refractivity contribution < 1.29 is 43.6 Å². The van der Waals surface area contributed by atoms with Gasteiger partial charge in [-0.05, 0) is 47.9 Å². The lowest BCUT2D eigenvalue weighted by Gasteiger charge is -2.27. The Bertz CT molecular complexity index is 1580. The molecule has 5 N–H and O–H groups in total. The summed E-state index contributed by atoms with van der Waals surface area (Å²) in [6.07, 6.45) is 0.589. The van der Waals surface area contributed by atoms with Gasteiger partial charge in [-0.3, -0.25) is 15.3 Å². The lowest BCUT2D eigenvalue weighted by atomic mass is 10.1. The second kappa shape index (κ2) is 16.5. The number of carbonyl (C=O) groups excluding carboxylic acids is 1. The number of hydrogen-bond acceptors (Lipinski definition) is 17. The second-order valence-corrected chi connectivity index (χ2v) is 12.9. The van der Waals surface area contributed by atoms with Crippen LogP contribution in [-0.4, -0.2) is 72.9 Å². The monoisotopic (exact) mass is 664 g/mol. The van der Waals surface area contributed by atoms with Crippen LogP contribution in [0.4, 0.5) is 34.6 Å². The first-order chi connectivity index (χ1) is 21.7. The molecule has 0 radical (unpaired) electrons. The molecule has 4 rings (SSSR count). The molecular formula is C26H32N8O9S2. The first-order valence-corrected chi connectivity index (χ1v) is 16.1. The average Bonchev–Trinajstić information content (AvgIpc) is 3.01. The van der Waals surface area contributed by atoms with E-state index < -0.39 is 8.77 Å². The van der Waals surface area contributed by atoms with Gasteiger partial charge in [0.15, 0.2) is 8.77 Å². The van der Waals surface area contributed by atoms with Gasteiger partial charge in [-0.1, -0.05) is 6.07 Å². The van der Waals surface area contributed by atoms with Gasteiger partial charge >= 0.3 is 0 Å². The number of morpholine rings is 1. The zero-order valence-corrected chi connectivity index (χ0v) is 25.8. The topological polar surface area (TPSA) is 222 Å². The van der Waals surface area contributed by atoms with Crippen molar-refractivity contribution in [2.75, 3.05) is 47.6 Å². The fourth-order valence-electron chi connectivity index (χ4n) is 4.27. The molecule has 0 aliphatic carbocycles. The quantitative estimate of drug-likeness (QED) is 0.0883.